The molecule has 4 nitrogen and oxygen atoms in total. The standard InChI is InChI=1S/C11H23N3O/c1-3-10(12)11(15)13(2)8-9-14-6-4-5-7-14/h10H,3-9,12H2,1-2H3. The molecule has 0 spiro atoms. The van der Waals surface area contributed by atoms with Crippen molar-refractivity contribution < 1.29 is 4.79 Å². The van der Waals surface area contributed by atoms with E-state index in [1.165, 1.54) is 25.9 Å². The highest BCUT2D eigenvalue weighted by Crippen LogP contribution is 2.06. The van der Waals surface area contributed by atoms with Crippen LogP contribution in [-0.4, -0.2) is 55.0 Å². The van der Waals surface area contributed by atoms with Crippen LogP contribution < -0.4 is 5.73 Å². The van der Waals surface area contributed by atoms with Gasteiger partial charge in [-0.05, 0) is 32.4 Å². The number of hydrogen-bond acceptors (Lipinski definition) is 3. The zero-order valence-corrected chi connectivity index (χ0v) is 9.91. The summed E-state index contributed by atoms with van der Waals surface area (Å²) < 4.78 is 0. The maximum absolute atomic E-state index is 11.7. The topological polar surface area (TPSA) is 49.6 Å². The van der Waals surface area contributed by atoms with Crippen molar-refractivity contribution in [3.63, 3.8) is 0 Å². The van der Waals surface area contributed by atoms with Crippen LogP contribution in [0.1, 0.15) is 26.2 Å². The van der Waals surface area contributed by atoms with Gasteiger partial charge in [-0.3, -0.25) is 4.79 Å². The minimum atomic E-state index is -0.325. The lowest BCUT2D eigenvalue weighted by Gasteiger charge is -2.23. The summed E-state index contributed by atoms with van der Waals surface area (Å²) in [6, 6.07) is -0.325. The summed E-state index contributed by atoms with van der Waals surface area (Å²) in [6.07, 6.45) is 3.31. The third-order valence-electron chi connectivity index (χ3n) is 3.08. The molecule has 1 atom stereocenters. The predicted molar refractivity (Wildman–Crippen MR) is 61.6 cm³/mol. The summed E-state index contributed by atoms with van der Waals surface area (Å²) in [5.74, 6) is 0.0664. The zero-order chi connectivity index (χ0) is 11.3. The average molecular weight is 213 g/mol. The lowest BCUT2D eigenvalue weighted by molar-refractivity contribution is -0.131. The van der Waals surface area contributed by atoms with E-state index in [0.29, 0.717) is 6.42 Å². The van der Waals surface area contributed by atoms with E-state index in [1.54, 1.807) is 4.90 Å². The minimum absolute atomic E-state index is 0.0664. The molecule has 1 amide bonds. The minimum Gasteiger partial charge on any atom is -0.343 e. The first kappa shape index (κ1) is 12.5. The summed E-state index contributed by atoms with van der Waals surface area (Å²) in [4.78, 5) is 15.8. The molecule has 0 aromatic rings. The Hall–Kier alpha value is -0.610. The molecule has 0 saturated carbocycles. The smallest absolute Gasteiger partial charge is 0.239 e. The Morgan fingerprint density at radius 3 is 2.60 bits per heavy atom. The van der Waals surface area contributed by atoms with E-state index >= 15 is 0 Å². The first-order chi connectivity index (χ1) is 7.15. The molecule has 15 heavy (non-hydrogen) atoms. The first-order valence-electron chi connectivity index (χ1n) is 5.88. The quantitative estimate of drug-likeness (QED) is 0.713. The Kier molecular flexibility index (Phi) is 5.05. The van der Waals surface area contributed by atoms with Gasteiger partial charge in [-0.15, -0.1) is 0 Å². The molecule has 0 aromatic heterocycles. The summed E-state index contributed by atoms with van der Waals surface area (Å²) in [7, 11) is 1.84. The zero-order valence-electron chi connectivity index (χ0n) is 9.91. The fraction of sp³-hybridized carbons (Fsp3) is 0.909. The van der Waals surface area contributed by atoms with Crippen LogP contribution >= 0.6 is 0 Å². The first-order valence-corrected chi connectivity index (χ1v) is 5.88. The van der Waals surface area contributed by atoms with Crippen LogP contribution in [-0.2, 0) is 4.79 Å². The molecule has 1 unspecified atom stereocenters. The monoisotopic (exact) mass is 213 g/mol. The number of carbonyl (C=O) groups excluding carboxylic acids is 1. The SMILES string of the molecule is CCC(N)C(=O)N(C)CCN1CCCC1. The van der Waals surface area contributed by atoms with Crippen molar-refractivity contribution in [2.45, 2.75) is 32.2 Å². The summed E-state index contributed by atoms with van der Waals surface area (Å²) in [5, 5.41) is 0. The summed E-state index contributed by atoms with van der Waals surface area (Å²) >= 11 is 0. The van der Waals surface area contributed by atoms with Crippen molar-refractivity contribution in [3.8, 4) is 0 Å². The fourth-order valence-electron chi connectivity index (χ4n) is 1.87. The molecule has 2 N–H and O–H groups in total. The van der Waals surface area contributed by atoms with Gasteiger partial charge in [-0.25, -0.2) is 0 Å². The van der Waals surface area contributed by atoms with Crippen LogP contribution in [0.2, 0.25) is 0 Å². The number of likely N-dealkylation sites (N-methyl/N-ethyl adjacent to an activating group) is 1. The fourth-order valence-corrected chi connectivity index (χ4v) is 1.87. The second-order valence-electron chi connectivity index (χ2n) is 4.32. The lowest BCUT2D eigenvalue weighted by atomic mass is 10.2. The Morgan fingerprint density at radius 1 is 1.47 bits per heavy atom. The van der Waals surface area contributed by atoms with Crippen LogP contribution in [0.15, 0.2) is 0 Å². The molecule has 1 rings (SSSR count). The highest BCUT2D eigenvalue weighted by Gasteiger charge is 2.17. The van der Waals surface area contributed by atoms with Crippen molar-refractivity contribution in [3.05, 3.63) is 0 Å². The molecule has 0 bridgehead atoms. The van der Waals surface area contributed by atoms with Crippen LogP contribution in [0.25, 0.3) is 0 Å². The number of rotatable bonds is 5. The third-order valence-corrected chi connectivity index (χ3v) is 3.08. The van der Waals surface area contributed by atoms with Crippen molar-refractivity contribution in [1.29, 1.82) is 0 Å². The van der Waals surface area contributed by atoms with E-state index in [9.17, 15) is 4.79 Å². The number of nitrogens with two attached hydrogens (primary N) is 1. The van der Waals surface area contributed by atoms with Crippen LogP contribution in [0.4, 0.5) is 0 Å². The molecule has 0 aliphatic carbocycles. The van der Waals surface area contributed by atoms with Crippen LogP contribution in [0.3, 0.4) is 0 Å². The second kappa shape index (κ2) is 6.08. The van der Waals surface area contributed by atoms with Gasteiger partial charge in [0, 0.05) is 20.1 Å². The van der Waals surface area contributed by atoms with Gasteiger partial charge in [0.2, 0.25) is 5.91 Å². The van der Waals surface area contributed by atoms with Gasteiger partial charge in [0.15, 0.2) is 0 Å². The van der Waals surface area contributed by atoms with E-state index in [1.807, 2.05) is 14.0 Å². The van der Waals surface area contributed by atoms with Crippen molar-refractivity contribution in [2.75, 3.05) is 33.2 Å². The molecular weight excluding hydrogens is 190 g/mol. The molecule has 1 aliphatic heterocycles. The largest absolute Gasteiger partial charge is 0.343 e. The molecule has 88 valence electrons. The van der Waals surface area contributed by atoms with Crippen LogP contribution in [0, 0.1) is 0 Å². The Balaban J connectivity index is 2.22. The number of carbonyl (C=O) groups is 1. The summed E-state index contributed by atoms with van der Waals surface area (Å²) in [5.41, 5.74) is 5.70. The van der Waals surface area contributed by atoms with Crippen molar-refractivity contribution >= 4 is 5.91 Å². The van der Waals surface area contributed by atoms with E-state index in [4.69, 9.17) is 5.73 Å². The van der Waals surface area contributed by atoms with Gasteiger partial charge in [-0.1, -0.05) is 6.92 Å². The molecule has 1 aliphatic rings. The van der Waals surface area contributed by atoms with E-state index in [-0.39, 0.29) is 11.9 Å². The highest BCUT2D eigenvalue weighted by atomic mass is 16.2. The molecule has 4 heteroatoms. The molecule has 0 radical (unpaired) electrons. The van der Waals surface area contributed by atoms with Gasteiger partial charge in [-0.2, -0.15) is 0 Å². The Bertz CT molecular complexity index is 202. The van der Waals surface area contributed by atoms with Crippen molar-refractivity contribution in [2.24, 2.45) is 5.73 Å². The molecule has 0 aromatic carbocycles. The van der Waals surface area contributed by atoms with Gasteiger partial charge in [0.05, 0.1) is 6.04 Å². The second-order valence-corrected chi connectivity index (χ2v) is 4.32. The molecule has 1 saturated heterocycles. The van der Waals surface area contributed by atoms with Gasteiger partial charge < -0.3 is 15.5 Å². The Morgan fingerprint density at radius 2 is 2.07 bits per heavy atom. The average Bonchev–Trinajstić information content (AvgIpc) is 2.76. The highest BCUT2D eigenvalue weighted by molar-refractivity contribution is 5.81. The van der Waals surface area contributed by atoms with E-state index in [2.05, 4.69) is 4.90 Å². The predicted octanol–water partition coefficient (Wildman–Crippen LogP) is 0.278. The van der Waals surface area contributed by atoms with E-state index in [0.717, 1.165) is 13.1 Å². The van der Waals surface area contributed by atoms with E-state index < -0.39 is 0 Å². The Labute approximate surface area is 92.4 Å². The lowest BCUT2D eigenvalue weighted by Crippen LogP contribution is -2.44. The van der Waals surface area contributed by atoms with Gasteiger partial charge >= 0.3 is 0 Å². The molecule has 1 heterocycles. The normalized spacial score (nSPS) is 19.1. The van der Waals surface area contributed by atoms with Crippen molar-refractivity contribution in [1.82, 2.24) is 9.80 Å². The molecular formula is C11H23N3O. The number of amides is 1. The maximum Gasteiger partial charge on any atom is 0.239 e. The summed E-state index contributed by atoms with van der Waals surface area (Å²) in [6.45, 7) is 6.09. The van der Waals surface area contributed by atoms with Gasteiger partial charge in [0.1, 0.15) is 0 Å². The van der Waals surface area contributed by atoms with Gasteiger partial charge in [0.25, 0.3) is 0 Å². The maximum atomic E-state index is 11.7. The third kappa shape index (κ3) is 3.80. The number of nitrogens with zero attached hydrogens (tertiary/aromatic N) is 2. The molecule has 1 fully saturated rings. The van der Waals surface area contributed by atoms with Crippen LogP contribution in [0.5, 0.6) is 0 Å². The number of hydrogen-bond donors (Lipinski definition) is 1. The number of likely N-dealkylation sites (tertiary alicyclic amines) is 1.